The fourth-order valence-corrected chi connectivity index (χ4v) is 4.65. The van der Waals surface area contributed by atoms with Crippen LogP contribution in [0.15, 0.2) is 47.4 Å². The maximum atomic E-state index is 13.2. The molecular formula is C26H27N5O2. The first kappa shape index (κ1) is 21.0. The minimum absolute atomic E-state index is 0.135. The molecule has 0 aliphatic rings. The Morgan fingerprint density at radius 1 is 1.09 bits per heavy atom. The van der Waals surface area contributed by atoms with E-state index in [2.05, 4.69) is 47.0 Å². The van der Waals surface area contributed by atoms with Crippen LogP contribution in [-0.2, 0) is 5.41 Å². The van der Waals surface area contributed by atoms with Crippen molar-refractivity contribution < 1.29 is 4.74 Å². The van der Waals surface area contributed by atoms with E-state index in [0.717, 1.165) is 50.2 Å². The zero-order valence-corrected chi connectivity index (χ0v) is 19.7. The Kier molecular flexibility index (Phi) is 4.67. The second-order valence-electron chi connectivity index (χ2n) is 9.43. The molecule has 0 saturated carbocycles. The highest BCUT2D eigenvalue weighted by Gasteiger charge is 2.23. The molecule has 0 spiro atoms. The molecule has 7 heteroatoms. The van der Waals surface area contributed by atoms with E-state index in [1.165, 1.54) is 0 Å². The Hall–Kier alpha value is -3.87. The van der Waals surface area contributed by atoms with Gasteiger partial charge in [-0.3, -0.25) is 14.6 Å². The van der Waals surface area contributed by atoms with E-state index < -0.39 is 0 Å². The molecule has 3 aromatic heterocycles. The number of H-pyrrole nitrogens is 2. The third-order valence-electron chi connectivity index (χ3n) is 6.18. The number of benzene rings is 2. The second-order valence-corrected chi connectivity index (χ2v) is 9.43. The highest BCUT2D eigenvalue weighted by molar-refractivity contribution is 6.05. The number of imidazole rings is 1. The van der Waals surface area contributed by atoms with Gasteiger partial charge in [-0.05, 0) is 43.0 Å². The maximum absolute atomic E-state index is 13.2. The average molecular weight is 442 g/mol. The summed E-state index contributed by atoms with van der Waals surface area (Å²) in [5.41, 5.74) is 7.63. The van der Waals surface area contributed by atoms with E-state index in [-0.39, 0.29) is 11.1 Å². The number of nitrogens with one attached hydrogen (secondary N) is 2. The van der Waals surface area contributed by atoms with E-state index in [1.54, 1.807) is 17.9 Å². The first-order valence-electron chi connectivity index (χ1n) is 10.9. The molecule has 7 nitrogen and oxygen atoms in total. The van der Waals surface area contributed by atoms with Crippen molar-refractivity contribution in [3.63, 3.8) is 0 Å². The Labute approximate surface area is 191 Å². The molecule has 0 amide bonds. The number of para-hydroxylation sites is 1. The van der Waals surface area contributed by atoms with Gasteiger partial charge < -0.3 is 9.72 Å². The van der Waals surface area contributed by atoms with Crippen LogP contribution in [0, 0.1) is 13.8 Å². The van der Waals surface area contributed by atoms with Crippen molar-refractivity contribution in [2.75, 3.05) is 7.11 Å². The van der Waals surface area contributed by atoms with Crippen LogP contribution in [0.5, 0.6) is 5.75 Å². The van der Waals surface area contributed by atoms with Crippen molar-refractivity contribution in [2.45, 2.75) is 40.0 Å². The van der Waals surface area contributed by atoms with Gasteiger partial charge in [-0.1, -0.05) is 39.0 Å². The van der Waals surface area contributed by atoms with Crippen LogP contribution >= 0.6 is 0 Å². The van der Waals surface area contributed by atoms with Crippen LogP contribution in [0.1, 0.15) is 37.7 Å². The molecular weight excluding hydrogens is 414 g/mol. The molecule has 0 unspecified atom stereocenters. The molecule has 0 aliphatic heterocycles. The smallest absolute Gasteiger partial charge is 0.331 e. The SMILES string of the molecule is COc1cc2c(cc1-c1c(C)n[nH]c1C)ncc1[nH]c(=O)n(-c3ccccc3C(C)(C)C)c12. The summed E-state index contributed by atoms with van der Waals surface area (Å²) in [6.07, 6.45) is 1.72. The number of aryl methyl sites for hydroxylation is 2. The van der Waals surface area contributed by atoms with Crippen LogP contribution in [-0.4, -0.2) is 31.8 Å². The molecule has 0 bridgehead atoms. The van der Waals surface area contributed by atoms with Crippen LogP contribution < -0.4 is 10.4 Å². The summed E-state index contributed by atoms with van der Waals surface area (Å²) in [6.45, 7) is 10.4. The van der Waals surface area contributed by atoms with Crippen molar-refractivity contribution in [1.82, 2.24) is 24.7 Å². The van der Waals surface area contributed by atoms with Gasteiger partial charge in [0.05, 0.1) is 41.2 Å². The number of pyridine rings is 1. The van der Waals surface area contributed by atoms with Gasteiger partial charge >= 0.3 is 5.69 Å². The van der Waals surface area contributed by atoms with Crippen LogP contribution in [0.3, 0.4) is 0 Å². The van der Waals surface area contributed by atoms with Gasteiger partial charge in [-0.15, -0.1) is 0 Å². The monoisotopic (exact) mass is 441 g/mol. The van der Waals surface area contributed by atoms with Crippen LogP contribution in [0.25, 0.3) is 38.8 Å². The fraction of sp³-hybridized carbons (Fsp3) is 0.269. The quantitative estimate of drug-likeness (QED) is 0.404. The number of aromatic amines is 2. The van der Waals surface area contributed by atoms with E-state index >= 15 is 0 Å². The van der Waals surface area contributed by atoms with Gasteiger partial charge in [0.2, 0.25) is 0 Å². The molecule has 5 rings (SSSR count). The normalized spacial score (nSPS) is 12.1. The zero-order valence-electron chi connectivity index (χ0n) is 19.7. The lowest BCUT2D eigenvalue weighted by atomic mass is 9.85. The molecule has 168 valence electrons. The molecule has 0 saturated heterocycles. The number of fused-ring (bicyclic) bond motifs is 3. The van der Waals surface area contributed by atoms with Gasteiger partial charge in [0.15, 0.2) is 0 Å². The molecule has 0 aliphatic carbocycles. The first-order chi connectivity index (χ1) is 15.7. The summed E-state index contributed by atoms with van der Waals surface area (Å²) in [5.74, 6) is 0.703. The molecule has 0 radical (unpaired) electrons. The predicted octanol–water partition coefficient (Wildman–Crippen LogP) is 5.18. The minimum Gasteiger partial charge on any atom is -0.496 e. The lowest BCUT2D eigenvalue weighted by Crippen LogP contribution is -2.21. The predicted molar refractivity (Wildman–Crippen MR) is 132 cm³/mol. The average Bonchev–Trinajstić information content (AvgIpc) is 3.30. The number of aromatic nitrogens is 5. The molecule has 5 aromatic rings. The van der Waals surface area contributed by atoms with Crippen molar-refractivity contribution in [2.24, 2.45) is 0 Å². The number of hydrogen-bond donors (Lipinski definition) is 2. The van der Waals surface area contributed by atoms with Gasteiger partial charge in [-0.2, -0.15) is 5.10 Å². The summed E-state index contributed by atoms with van der Waals surface area (Å²) in [5, 5.41) is 8.22. The van der Waals surface area contributed by atoms with Gasteiger partial charge in [0.25, 0.3) is 0 Å². The van der Waals surface area contributed by atoms with Crippen LogP contribution in [0.2, 0.25) is 0 Å². The van der Waals surface area contributed by atoms with Crippen molar-refractivity contribution >= 4 is 21.9 Å². The van der Waals surface area contributed by atoms with E-state index in [4.69, 9.17) is 4.74 Å². The largest absolute Gasteiger partial charge is 0.496 e. The molecule has 0 atom stereocenters. The summed E-state index contributed by atoms with van der Waals surface area (Å²) < 4.78 is 7.56. The number of methoxy groups -OCH3 is 1. The van der Waals surface area contributed by atoms with Gasteiger partial charge in [0.1, 0.15) is 5.75 Å². The second kappa shape index (κ2) is 7.33. The van der Waals surface area contributed by atoms with Gasteiger partial charge in [0, 0.05) is 22.2 Å². The van der Waals surface area contributed by atoms with E-state index in [1.807, 2.05) is 44.2 Å². The molecule has 33 heavy (non-hydrogen) atoms. The molecule has 0 fully saturated rings. The lowest BCUT2D eigenvalue weighted by Gasteiger charge is -2.23. The topological polar surface area (TPSA) is 88.6 Å². The fourth-order valence-electron chi connectivity index (χ4n) is 4.65. The highest BCUT2D eigenvalue weighted by atomic mass is 16.5. The van der Waals surface area contributed by atoms with Crippen molar-refractivity contribution in [3.8, 4) is 22.6 Å². The van der Waals surface area contributed by atoms with Crippen LogP contribution in [0.4, 0.5) is 0 Å². The summed E-state index contributed by atoms with van der Waals surface area (Å²) >= 11 is 0. The van der Waals surface area contributed by atoms with Crippen molar-refractivity contribution in [3.05, 3.63) is 70.0 Å². The zero-order chi connectivity index (χ0) is 23.5. The maximum Gasteiger partial charge on any atom is 0.331 e. The highest BCUT2D eigenvalue weighted by Crippen LogP contribution is 2.39. The summed E-state index contributed by atoms with van der Waals surface area (Å²) in [7, 11) is 1.65. The molecule has 2 aromatic carbocycles. The number of ether oxygens (including phenoxy) is 1. The Bertz CT molecular complexity index is 1560. The number of nitrogens with zero attached hydrogens (tertiary/aromatic N) is 3. The van der Waals surface area contributed by atoms with Gasteiger partial charge in [-0.25, -0.2) is 4.79 Å². The number of rotatable bonds is 3. The Balaban J connectivity index is 1.88. The van der Waals surface area contributed by atoms with E-state index in [9.17, 15) is 4.79 Å². The lowest BCUT2D eigenvalue weighted by molar-refractivity contribution is 0.417. The third kappa shape index (κ3) is 3.23. The number of hydrogen-bond acceptors (Lipinski definition) is 4. The third-order valence-corrected chi connectivity index (χ3v) is 6.18. The Morgan fingerprint density at radius 2 is 1.85 bits per heavy atom. The minimum atomic E-state index is -0.194. The van der Waals surface area contributed by atoms with E-state index in [0.29, 0.717) is 11.3 Å². The first-order valence-corrected chi connectivity index (χ1v) is 10.9. The standard InChI is InChI=1S/C26H27N5O2/c1-14-23(15(2)30-29-14)17-11-19-16(12-22(17)33-6)24-20(13-27-19)28-25(32)31(24)21-10-8-7-9-18(21)26(3,4)5/h7-13H,1-6H3,(H,28,32)(H,29,30). The summed E-state index contributed by atoms with van der Waals surface area (Å²) in [4.78, 5) is 20.8. The summed E-state index contributed by atoms with van der Waals surface area (Å²) in [6, 6.07) is 12.0. The molecule has 3 heterocycles. The molecule has 2 N–H and O–H groups in total. The Morgan fingerprint density at radius 3 is 2.52 bits per heavy atom. The van der Waals surface area contributed by atoms with Crippen molar-refractivity contribution in [1.29, 1.82) is 0 Å².